The van der Waals surface area contributed by atoms with Crippen LogP contribution < -0.4 is 5.32 Å². The number of thiophene rings is 1. The number of esters is 1. The summed E-state index contributed by atoms with van der Waals surface area (Å²) in [6.45, 7) is 6.28. The average Bonchev–Trinajstić information content (AvgIpc) is 3.45. The second-order valence-corrected chi connectivity index (χ2v) is 15.5. The van der Waals surface area contributed by atoms with Gasteiger partial charge in [-0.3, -0.25) is 19.3 Å². The van der Waals surface area contributed by atoms with Crippen LogP contribution in [0.25, 0.3) is 0 Å². The molecule has 1 aromatic heterocycles. The quantitative estimate of drug-likeness (QED) is 0.312. The molecular formula is C35H42N4O6S2. The van der Waals surface area contributed by atoms with Crippen molar-refractivity contribution < 1.29 is 27.5 Å². The standard InChI is InChI=1S/C35H42N4O6S2/c1-2-45-35(42)27-15-21-39(22-16-27)47(43,44)28-13-11-26(12-14-28)32(40)36-33-31(34(41)38-18-7-4-8-19-38)29-17-20-37(24-30(29)46-33)23-25-9-5-3-6-10-25/h3,5-6,9-14,27H,2,4,7-8,15-24H2,1H3,(H,36,40). The molecule has 0 saturated carbocycles. The number of nitrogens with zero attached hydrogens (tertiary/aromatic N) is 3. The first-order chi connectivity index (χ1) is 22.7. The molecule has 3 aliphatic rings. The molecule has 0 atom stereocenters. The topological polar surface area (TPSA) is 116 Å². The molecule has 1 N–H and O–H groups in total. The molecule has 3 aliphatic heterocycles. The summed E-state index contributed by atoms with van der Waals surface area (Å²) < 4.78 is 33.2. The van der Waals surface area contributed by atoms with E-state index in [0.29, 0.717) is 55.2 Å². The molecule has 0 aliphatic carbocycles. The lowest BCUT2D eigenvalue weighted by Crippen LogP contribution is -2.40. The third kappa shape index (κ3) is 7.45. The van der Waals surface area contributed by atoms with Gasteiger partial charge in [-0.25, -0.2) is 8.42 Å². The molecule has 4 heterocycles. The van der Waals surface area contributed by atoms with Crippen LogP contribution >= 0.6 is 11.3 Å². The van der Waals surface area contributed by atoms with Gasteiger partial charge >= 0.3 is 5.97 Å². The summed E-state index contributed by atoms with van der Waals surface area (Å²) in [4.78, 5) is 45.0. The van der Waals surface area contributed by atoms with E-state index in [4.69, 9.17) is 4.74 Å². The highest BCUT2D eigenvalue weighted by Gasteiger charge is 2.34. The normalized spacial score (nSPS) is 18.0. The lowest BCUT2D eigenvalue weighted by atomic mass is 9.98. The highest BCUT2D eigenvalue weighted by atomic mass is 32.2. The maximum absolute atomic E-state index is 13.9. The van der Waals surface area contributed by atoms with E-state index in [0.717, 1.165) is 49.2 Å². The third-order valence-corrected chi connectivity index (χ3v) is 12.3. The SMILES string of the molecule is CCOC(=O)C1CCN(S(=O)(=O)c2ccc(C(=O)Nc3sc4c(c3C(=O)N3CCCCC3)CCN(Cc3ccccc3)C4)cc2)CC1. The number of hydrogen-bond donors (Lipinski definition) is 1. The number of sulfonamides is 1. The molecule has 2 fully saturated rings. The molecule has 47 heavy (non-hydrogen) atoms. The van der Waals surface area contributed by atoms with E-state index in [2.05, 4.69) is 22.3 Å². The number of carbonyl (C=O) groups is 3. The average molecular weight is 679 g/mol. The number of rotatable bonds is 9. The second-order valence-electron chi connectivity index (χ2n) is 12.4. The number of benzene rings is 2. The summed E-state index contributed by atoms with van der Waals surface area (Å²) in [7, 11) is -3.79. The van der Waals surface area contributed by atoms with Crippen molar-refractivity contribution in [1.82, 2.24) is 14.1 Å². The van der Waals surface area contributed by atoms with Gasteiger partial charge in [-0.2, -0.15) is 4.31 Å². The summed E-state index contributed by atoms with van der Waals surface area (Å²) in [5, 5.41) is 3.58. The van der Waals surface area contributed by atoms with Crippen LogP contribution in [0.4, 0.5) is 5.00 Å². The zero-order chi connectivity index (χ0) is 33.0. The number of fused-ring (bicyclic) bond motifs is 1. The molecule has 0 spiro atoms. The van der Waals surface area contributed by atoms with Gasteiger partial charge in [0, 0.05) is 56.3 Å². The Morgan fingerprint density at radius 3 is 2.30 bits per heavy atom. The molecule has 0 unspecified atom stereocenters. The molecule has 0 bridgehead atoms. The lowest BCUT2D eigenvalue weighted by Gasteiger charge is -2.30. The van der Waals surface area contributed by atoms with Crippen LogP contribution in [0.2, 0.25) is 0 Å². The number of piperidine rings is 2. The van der Waals surface area contributed by atoms with Crippen molar-refractivity contribution in [2.75, 3.05) is 44.6 Å². The Balaban J connectivity index is 1.18. The summed E-state index contributed by atoms with van der Waals surface area (Å²) in [6, 6.07) is 16.2. The van der Waals surface area contributed by atoms with Gasteiger partial charge in [0.1, 0.15) is 5.00 Å². The summed E-state index contributed by atoms with van der Waals surface area (Å²) in [5.41, 5.74) is 3.17. The zero-order valence-electron chi connectivity index (χ0n) is 26.8. The van der Waals surface area contributed by atoms with Gasteiger partial charge in [-0.05, 0) is 80.8 Å². The number of ether oxygens (including phenoxy) is 1. The molecule has 0 radical (unpaired) electrons. The van der Waals surface area contributed by atoms with Crippen LogP contribution in [0.3, 0.4) is 0 Å². The first kappa shape index (κ1) is 33.3. The Bertz CT molecular complexity index is 1690. The maximum Gasteiger partial charge on any atom is 0.309 e. The smallest absolute Gasteiger partial charge is 0.309 e. The van der Waals surface area contributed by atoms with E-state index in [1.807, 2.05) is 23.1 Å². The summed E-state index contributed by atoms with van der Waals surface area (Å²) in [5.74, 6) is -0.996. The van der Waals surface area contributed by atoms with Gasteiger partial charge in [0.05, 0.1) is 23.0 Å². The highest BCUT2D eigenvalue weighted by Crippen LogP contribution is 2.39. The summed E-state index contributed by atoms with van der Waals surface area (Å²) in [6.07, 6.45) is 4.61. The van der Waals surface area contributed by atoms with Crippen LogP contribution in [0.15, 0.2) is 59.5 Å². The van der Waals surface area contributed by atoms with Crippen molar-refractivity contribution in [2.24, 2.45) is 5.92 Å². The second kappa shape index (κ2) is 14.7. The number of likely N-dealkylation sites (tertiary alicyclic amines) is 1. The molecule has 3 aromatic rings. The van der Waals surface area contributed by atoms with Crippen LogP contribution in [-0.2, 0) is 39.1 Å². The number of amides is 2. The monoisotopic (exact) mass is 678 g/mol. The minimum Gasteiger partial charge on any atom is -0.466 e. The van der Waals surface area contributed by atoms with Crippen LogP contribution in [0.5, 0.6) is 0 Å². The predicted molar refractivity (Wildman–Crippen MR) is 181 cm³/mol. The van der Waals surface area contributed by atoms with Gasteiger partial charge in [0.15, 0.2) is 0 Å². The number of nitrogens with one attached hydrogen (secondary N) is 1. The largest absolute Gasteiger partial charge is 0.466 e. The fourth-order valence-electron chi connectivity index (χ4n) is 6.70. The van der Waals surface area contributed by atoms with E-state index in [9.17, 15) is 22.8 Å². The van der Waals surface area contributed by atoms with E-state index in [-0.39, 0.29) is 35.8 Å². The molecule has 12 heteroatoms. The third-order valence-electron chi connectivity index (χ3n) is 9.30. The molecule has 10 nitrogen and oxygen atoms in total. The van der Waals surface area contributed by atoms with Crippen molar-refractivity contribution in [3.63, 3.8) is 0 Å². The van der Waals surface area contributed by atoms with Crippen molar-refractivity contribution in [3.05, 3.63) is 81.7 Å². The zero-order valence-corrected chi connectivity index (χ0v) is 28.4. The first-order valence-electron chi connectivity index (χ1n) is 16.5. The molecular weight excluding hydrogens is 637 g/mol. The van der Waals surface area contributed by atoms with Gasteiger partial charge in [0.2, 0.25) is 10.0 Å². The van der Waals surface area contributed by atoms with Crippen LogP contribution in [0.1, 0.15) is 75.7 Å². The van der Waals surface area contributed by atoms with Gasteiger partial charge in [0.25, 0.3) is 11.8 Å². The first-order valence-corrected chi connectivity index (χ1v) is 18.8. The fourth-order valence-corrected chi connectivity index (χ4v) is 9.44. The van der Waals surface area contributed by atoms with E-state index >= 15 is 0 Å². The van der Waals surface area contributed by atoms with Gasteiger partial charge in [-0.1, -0.05) is 30.3 Å². The Morgan fingerprint density at radius 2 is 1.62 bits per heavy atom. The number of carbonyl (C=O) groups excluding carboxylic acids is 3. The van der Waals surface area contributed by atoms with E-state index in [1.54, 1.807) is 6.92 Å². The van der Waals surface area contributed by atoms with Crippen molar-refractivity contribution in [3.8, 4) is 0 Å². The van der Waals surface area contributed by atoms with Crippen molar-refractivity contribution >= 4 is 44.1 Å². The van der Waals surface area contributed by atoms with Gasteiger partial charge in [-0.15, -0.1) is 11.3 Å². The highest BCUT2D eigenvalue weighted by molar-refractivity contribution is 7.89. The Hall–Kier alpha value is -3.58. The minimum absolute atomic E-state index is 0.0258. The fraction of sp³-hybridized carbons (Fsp3) is 0.457. The maximum atomic E-state index is 13.9. The molecule has 2 aromatic carbocycles. The summed E-state index contributed by atoms with van der Waals surface area (Å²) >= 11 is 1.47. The minimum atomic E-state index is -3.79. The Labute approximate surface area is 280 Å². The van der Waals surface area contributed by atoms with Crippen LogP contribution in [-0.4, -0.2) is 79.6 Å². The predicted octanol–water partition coefficient (Wildman–Crippen LogP) is 5.15. The van der Waals surface area contributed by atoms with E-state index in [1.165, 1.54) is 45.5 Å². The van der Waals surface area contributed by atoms with Gasteiger partial charge < -0.3 is 15.0 Å². The van der Waals surface area contributed by atoms with Crippen molar-refractivity contribution in [2.45, 2.75) is 63.4 Å². The van der Waals surface area contributed by atoms with E-state index < -0.39 is 15.9 Å². The Kier molecular flexibility index (Phi) is 10.4. The molecule has 6 rings (SSSR count). The lowest BCUT2D eigenvalue weighted by molar-refractivity contribution is -0.149. The number of anilines is 1. The Morgan fingerprint density at radius 1 is 0.915 bits per heavy atom. The van der Waals surface area contributed by atoms with Crippen molar-refractivity contribution in [1.29, 1.82) is 0 Å². The van der Waals surface area contributed by atoms with Crippen LogP contribution in [0, 0.1) is 5.92 Å². The number of hydrogen-bond acceptors (Lipinski definition) is 8. The molecule has 2 amide bonds. The molecule has 2 saturated heterocycles. The molecule has 250 valence electrons.